The molecule has 346 valence electrons. The quantitative estimate of drug-likeness (QED) is 0.0718. The minimum absolute atomic E-state index is 0.0927. The van der Waals surface area contributed by atoms with E-state index in [1.54, 1.807) is 20.8 Å². The van der Waals surface area contributed by atoms with Crippen molar-refractivity contribution in [3.05, 3.63) is 179 Å². The van der Waals surface area contributed by atoms with Crippen molar-refractivity contribution in [2.75, 3.05) is 20.3 Å². The fraction of sp³-hybridized carbons (Fsp3) is 0.415. The Morgan fingerprint density at radius 3 is 1.28 bits per heavy atom. The molecule has 0 bridgehead atoms. The van der Waals surface area contributed by atoms with Crippen molar-refractivity contribution in [3.63, 3.8) is 0 Å². The highest BCUT2D eigenvalue weighted by Gasteiger charge is 2.53. The van der Waals surface area contributed by atoms with Crippen molar-refractivity contribution in [2.45, 2.75) is 115 Å². The molecular formula is C53H62O12. The highest BCUT2D eigenvalue weighted by atomic mass is 16.7. The zero-order valence-corrected chi connectivity index (χ0v) is 37.6. The molecule has 2 saturated heterocycles. The average Bonchev–Trinajstić information content (AvgIpc) is 3.33. The minimum Gasteiger partial charge on any atom is -0.454 e. The monoisotopic (exact) mass is 890 g/mol. The molecule has 0 saturated carbocycles. The Kier molecular flexibility index (Phi) is 17.8. The van der Waals surface area contributed by atoms with Gasteiger partial charge in [0.1, 0.15) is 42.7 Å². The van der Waals surface area contributed by atoms with Crippen LogP contribution in [0.3, 0.4) is 0 Å². The third kappa shape index (κ3) is 13.8. The van der Waals surface area contributed by atoms with Gasteiger partial charge in [0.05, 0.1) is 51.7 Å². The van der Waals surface area contributed by atoms with Crippen molar-refractivity contribution in [1.29, 1.82) is 0 Å². The fourth-order valence-electron chi connectivity index (χ4n) is 7.70. The highest BCUT2D eigenvalue weighted by Crippen LogP contribution is 2.35. The molecule has 0 spiro atoms. The molecular weight excluding hydrogens is 829 g/mol. The maximum Gasteiger partial charge on any atom is 0.311 e. The van der Waals surface area contributed by atoms with E-state index in [0.717, 1.165) is 27.8 Å². The molecule has 2 aliphatic heterocycles. The molecule has 0 radical (unpaired) electrons. The molecule has 12 nitrogen and oxygen atoms in total. The van der Waals surface area contributed by atoms with Crippen molar-refractivity contribution in [1.82, 2.24) is 0 Å². The van der Waals surface area contributed by atoms with Crippen LogP contribution in [0.2, 0.25) is 0 Å². The lowest BCUT2D eigenvalue weighted by molar-refractivity contribution is -0.344. The van der Waals surface area contributed by atoms with Crippen LogP contribution in [0.15, 0.2) is 152 Å². The van der Waals surface area contributed by atoms with Crippen LogP contribution in [0.5, 0.6) is 0 Å². The van der Waals surface area contributed by atoms with Crippen LogP contribution < -0.4 is 0 Å². The highest BCUT2D eigenvalue weighted by molar-refractivity contribution is 5.75. The van der Waals surface area contributed by atoms with Gasteiger partial charge in [0.2, 0.25) is 0 Å². The summed E-state index contributed by atoms with van der Waals surface area (Å²) in [5.41, 5.74) is 3.78. The van der Waals surface area contributed by atoms with Gasteiger partial charge in [-0.15, -0.1) is 0 Å². The number of benzene rings is 5. The van der Waals surface area contributed by atoms with Crippen molar-refractivity contribution >= 4 is 5.97 Å². The lowest BCUT2D eigenvalue weighted by Crippen LogP contribution is -2.64. The van der Waals surface area contributed by atoms with Gasteiger partial charge in [-0.25, -0.2) is 0 Å². The number of aliphatic hydroxyl groups excluding tert-OH is 1. The number of methoxy groups -OCH3 is 1. The molecule has 10 atom stereocenters. The molecule has 2 heterocycles. The molecule has 65 heavy (non-hydrogen) atoms. The first-order chi connectivity index (χ1) is 31.7. The van der Waals surface area contributed by atoms with E-state index in [1.165, 1.54) is 7.11 Å². The predicted octanol–water partition coefficient (Wildman–Crippen LogP) is 7.98. The number of esters is 1. The van der Waals surface area contributed by atoms with E-state index >= 15 is 0 Å². The van der Waals surface area contributed by atoms with Crippen LogP contribution in [0.4, 0.5) is 0 Å². The Balaban J connectivity index is 1.21. The van der Waals surface area contributed by atoms with Crippen LogP contribution >= 0.6 is 0 Å². The van der Waals surface area contributed by atoms with E-state index in [4.69, 9.17) is 47.4 Å². The molecule has 12 heteroatoms. The van der Waals surface area contributed by atoms with E-state index in [9.17, 15) is 9.90 Å². The SMILES string of the molecule is CO[C@@H]1OC(CO[C@@H]2OC(COCc3ccccc3)[C@@H](OCc3ccccc3)[C@@H](OCc3ccccc3)C2OC(=O)C(C)(C)C)[C@@H](OCc2ccccc2)[C@@H](OCc2ccccc2)C1O. The number of rotatable bonds is 21. The number of hydrogen-bond acceptors (Lipinski definition) is 12. The van der Waals surface area contributed by atoms with Crippen molar-refractivity contribution in [2.24, 2.45) is 5.41 Å². The lowest BCUT2D eigenvalue weighted by Gasteiger charge is -2.47. The maximum absolute atomic E-state index is 14.0. The van der Waals surface area contributed by atoms with Gasteiger partial charge in [0, 0.05) is 7.11 Å². The summed E-state index contributed by atoms with van der Waals surface area (Å²) in [7, 11) is 1.46. The molecule has 0 amide bonds. The number of carbonyl (C=O) groups excluding carboxylic acids is 1. The first-order valence-electron chi connectivity index (χ1n) is 22.2. The standard InChI is InChI=1S/C53H62O12/c1-53(2,3)52(55)65-49-48(61-34-41-28-18-9-19-29-41)46(59-32-39-24-14-7-15-25-39)42(35-57-30-37-20-10-5-11-21-37)64-51(49)62-36-43-45(58-31-38-22-12-6-13-23-38)47(44(54)50(56-4)63-43)60-33-40-26-16-8-17-27-40/h5-29,42-51,54H,30-36H2,1-4H3/t42?,43?,44?,45-,46-,47+,48-,49?,50-,51-/m1/s1. The zero-order valence-electron chi connectivity index (χ0n) is 37.6. The normalized spacial score (nSPS) is 25.8. The molecule has 5 aromatic carbocycles. The Morgan fingerprint density at radius 2 is 0.846 bits per heavy atom. The molecule has 4 unspecified atom stereocenters. The van der Waals surface area contributed by atoms with Crippen LogP contribution in [-0.2, 0) is 85.2 Å². The van der Waals surface area contributed by atoms with Crippen LogP contribution in [0.25, 0.3) is 0 Å². The molecule has 0 aliphatic carbocycles. The summed E-state index contributed by atoms with van der Waals surface area (Å²) >= 11 is 0. The van der Waals surface area contributed by atoms with E-state index in [1.807, 2.05) is 152 Å². The first kappa shape index (κ1) is 48.1. The van der Waals surface area contributed by atoms with Gasteiger partial charge in [0.25, 0.3) is 0 Å². The van der Waals surface area contributed by atoms with Crippen molar-refractivity contribution in [3.8, 4) is 0 Å². The third-order valence-electron chi connectivity index (χ3n) is 11.3. The lowest BCUT2D eigenvalue weighted by atomic mass is 9.95. The fourth-order valence-corrected chi connectivity index (χ4v) is 7.70. The van der Waals surface area contributed by atoms with Gasteiger partial charge in [-0.1, -0.05) is 152 Å². The van der Waals surface area contributed by atoms with Gasteiger partial charge in [-0.2, -0.15) is 0 Å². The maximum atomic E-state index is 14.0. The van der Waals surface area contributed by atoms with E-state index < -0.39 is 72.8 Å². The van der Waals surface area contributed by atoms with E-state index in [0.29, 0.717) is 6.61 Å². The first-order valence-corrected chi connectivity index (χ1v) is 22.2. The average molecular weight is 891 g/mol. The summed E-state index contributed by atoms with van der Waals surface area (Å²) in [6, 6.07) is 48.8. The Morgan fingerprint density at radius 1 is 0.477 bits per heavy atom. The second-order valence-electron chi connectivity index (χ2n) is 17.3. The molecule has 7 rings (SSSR count). The molecule has 5 aromatic rings. The predicted molar refractivity (Wildman–Crippen MR) is 242 cm³/mol. The van der Waals surface area contributed by atoms with Crippen molar-refractivity contribution < 1.29 is 57.3 Å². The molecule has 2 fully saturated rings. The minimum atomic E-state index is -1.21. The summed E-state index contributed by atoms with van der Waals surface area (Å²) in [5.74, 6) is -0.483. The summed E-state index contributed by atoms with van der Waals surface area (Å²) in [6.07, 6.45) is -9.69. The number of aliphatic hydroxyl groups is 1. The van der Waals surface area contributed by atoms with Gasteiger partial charge in [0.15, 0.2) is 18.7 Å². The van der Waals surface area contributed by atoms with Gasteiger partial charge in [-0.05, 0) is 48.6 Å². The Hall–Kier alpha value is -4.83. The summed E-state index contributed by atoms with van der Waals surface area (Å²) in [5, 5.41) is 11.7. The number of ether oxygens (including phenoxy) is 10. The second-order valence-corrected chi connectivity index (χ2v) is 17.3. The van der Waals surface area contributed by atoms with Gasteiger partial charge in [-0.3, -0.25) is 4.79 Å². The topological polar surface area (TPSA) is 130 Å². The van der Waals surface area contributed by atoms with Gasteiger partial charge >= 0.3 is 5.97 Å². The largest absolute Gasteiger partial charge is 0.454 e. The molecule has 1 N–H and O–H groups in total. The number of hydrogen-bond donors (Lipinski definition) is 1. The zero-order chi connectivity index (χ0) is 45.4. The van der Waals surface area contributed by atoms with E-state index in [2.05, 4.69) is 0 Å². The Bertz CT molecular complexity index is 2100. The van der Waals surface area contributed by atoms with Crippen LogP contribution in [0, 0.1) is 5.41 Å². The molecule has 2 aliphatic rings. The summed E-state index contributed by atoms with van der Waals surface area (Å²) in [6.45, 7) is 6.42. The van der Waals surface area contributed by atoms with Crippen LogP contribution in [0.1, 0.15) is 48.6 Å². The summed E-state index contributed by atoms with van der Waals surface area (Å²) < 4.78 is 65.1. The molecule has 0 aromatic heterocycles. The Labute approximate surface area is 382 Å². The second kappa shape index (κ2) is 24.1. The number of carbonyl (C=O) groups is 1. The third-order valence-corrected chi connectivity index (χ3v) is 11.3. The smallest absolute Gasteiger partial charge is 0.311 e. The summed E-state index contributed by atoms with van der Waals surface area (Å²) in [4.78, 5) is 14.0. The van der Waals surface area contributed by atoms with E-state index in [-0.39, 0.29) is 39.6 Å². The van der Waals surface area contributed by atoms with Crippen LogP contribution in [-0.4, -0.2) is 92.8 Å². The van der Waals surface area contributed by atoms with Gasteiger partial charge < -0.3 is 52.5 Å².